The van der Waals surface area contributed by atoms with Gasteiger partial charge in [0.2, 0.25) is 0 Å². The molecular formula is C30H34N2O5. The Morgan fingerprint density at radius 1 is 0.946 bits per heavy atom. The predicted octanol–water partition coefficient (Wildman–Crippen LogP) is 5.47. The van der Waals surface area contributed by atoms with E-state index in [4.69, 9.17) is 9.47 Å². The smallest absolute Gasteiger partial charge is 0.407 e. The summed E-state index contributed by atoms with van der Waals surface area (Å²) in [6.07, 6.45) is -0.681. The Hall–Kier alpha value is -4.00. The summed E-state index contributed by atoms with van der Waals surface area (Å²) < 4.78 is 11.4. The molecule has 194 valence electrons. The normalized spacial score (nSPS) is 12.8. The number of hydrogen-bond acceptors (Lipinski definition) is 5. The number of nitrogens with zero attached hydrogens (tertiary/aromatic N) is 1. The molecule has 1 unspecified atom stereocenters. The number of carboxylic acids is 1. The van der Waals surface area contributed by atoms with Gasteiger partial charge in [0.05, 0.1) is 6.61 Å². The van der Waals surface area contributed by atoms with E-state index in [2.05, 4.69) is 36.2 Å². The van der Waals surface area contributed by atoms with Crippen molar-refractivity contribution in [3.63, 3.8) is 0 Å². The number of aliphatic carboxylic acids is 1. The summed E-state index contributed by atoms with van der Waals surface area (Å²) in [4.78, 5) is 27.0. The van der Waals surface area contributed by atoms with Gasteiger partial charge in [-0.3, -0.25) is 0 Å². The van der Waals surface area contributed by atoms with E-state index in [1.807, 2.05) is 61.5 Å². The monoisotopic (exact) mass is 502 g/mol. The number of carbonyl (C=O) groups excluding carboxylic acids is 1. The molecular weight excluding hydrogens is 468 g/mol. The van der Waals surface area contributed by atoms with Crippen molar-refractivity contribution in [1.82, 2.24) is 5.32 Å². The largest absolute Gasteiger partial charge is 0.494 e. The fraction of sp³-hybridized carbons (Fsp3) is 0.333. The van der Waals surface area contributed by atoms with Crippen LogP contribution in [0.3, 0.4) is 0 Å². The third-order valence-corrected chi connectivity index (χ3v) is 6.84. The molecule has 3 aromatic carbocycles. The number of benzene rings is 3. The highest BCUT2D eigenvalue weighted by Gasteiger charge is 2.30. The minimum atomic E-state index is -1.16. The summed E-state index contributed by atoms with van der Waals surface area (Å²) >= 11 is 0. The summed E-state index contributed by atoms with van der Waals surface area (Å²) in [5.74, 6) is -0.616. The van der Waals surface area contributed by atoms with E-state index in [9.17, 15) is 14.7 Å². The van der Waals surface area contributed by atoms with Crippen LogP contribution in [0.2, 0.25) is 0 Å². The molecule has 1 atom stereocenters. The average molecular weight is 503 g/mol. The maximum atomic E-state index is 12.7. The van der Waals surface area contributed by atoms with Crippen LogP contribution in [-0.4, -0.2) is 49.5 Å². The van der Waals surface area contributed by atoms with E-state index in [1.54, 1.807) is 0 Å². The molecule has 4 rings (SSSR count). The molecule has 1 amide bonds. The second-order valence-corrected chi connectivity index (χ2v) is 8.96. The zero-order chi connectivity index (χ0) is 26.4. The van der Waals surface area contributed by atoms with E-state index in [0.29, 0.717) is 17.9 Å². The fourth-order valence-corrected chi connectivity index (χ4v) is 4.99. The molecule has 0 spiro atoms. The van der Waals surface area contributed by atoms with Gasteiger partial charge in [-0.15, -0.1) is 0 Å². The van der Waals surface area contributed by atoms with Gasteiger partial charge in [0.1, 0.15) is 18.4 Å². The maximum Gasteiger partial charge on any atom is 0.407 e. The highest BCUT2D eigenvalue weighted by Crippen LogP contribution is 2.44. The van der Waals surface area contributed by atoms with Crippen LogP contribution in [0.15, 0.2) is 66.7 Å². The second-order valence-electron chi connectivity index (χ2n) is 8.96. The molecule has 0 bridgehead atoms. The number of anilines is 1. The summed E-state index contributed by atoms with van der Waals surface area (Å²) in [5.41, 5.74) is 6.18. The third kappa shape index (κ3) is 5.71. The zero-order valence-corrected chi connectivity index (χ0v) is 21.6. The standard InChI is InChI=1S/C30H34N2O5/c1-4-32(5-2)21-16-15-20(28(18-21)36-6-3)17-27(29(33)34)31-30(35)37-19-26-24-13-9-7-11-22(24)23-12-8-10-14-25(23)26/h7-16,18,26-27H,4-6,17,19H2,1-3H3,(H,31,35)(H,33,34). The summed E-state index contributed by atoms with van der Waals surface area (Å²) in [7, 11) is 0. The molecule has 1 aliphatic carbocycles. The number of hydrogen-bond donors (Lipinski definition) is 2. The second kappa shape index (κ2) is 11.8. The maximum absolute atomic E-state index is 12.7. The number of alkyl carbamates (subject to hydrolysis) is 1. The van der Waals surface area contributed by atoms with Gasteiger partial charge in [0, 0.05) is 37.2 Å². The van der Waals surface area contributed by atoms with Gasteiger partial charge in [0.15, 0.2) is 0 Å². The Bertz CT molecular complexity index is 1210. The molecule has 37 heavy (non-hydrogen) atoms. The van der Waals surface area contributed by atoms with Gasteiger partial charge >= 0.3 is 12.1 Å². The van der Waals surface area contributed by atoms with E-state index in [1.165, 1.54) is 0 Å². The fourth-order valence-electron chi connectivity index (χ4n) is 4.99. The van der Waals surface area contributed by atoms with Crippen molar-refractivity contribution < 1.29 is 24.2 Å². The van der Waals surface area contributed by atoms with Crippen molar-refractivity contribution in [1.29, 1.82) is 0 Å². The molecule has 0 heterocycles. The van der Waals surface area contributed by atoms with Crippen LogP contribution in [0.25, 0.3) is 11.1 Å². The van der Waals surface area contributed by atoms with E-state index in [0.717, 1.165) is 41.0 Å². The van der Waals surface area contributed by atoms with E-state index in [-0.39, 0.29) is 18.9 Å². The van der Waals surface area contributed by atoms with Crippen LogP contribution in [0.1, 0.15) is 43.4 Å². The molecule has 0 fully saturated rings. The van der Waals surface area contributed by atoms with Crippen LogP contribution >= 0.6 is 0 Å². The molecule has 2 N–H and O–H groups in total. The molecule has 0 aliphatic heterocycles. The van der Waals surface area contributed by atoms with Crippen LogP contribution in [0.5, 0.6) is 5.75 Å². The zero-order valence-electron chi connectivity index (χ0n) is 21.6. The van der Waals surface area contributed by atoms with Crippen molar-refractivity contribution >= 4 is 17.7 Å². The lowest BCUT2D eigenvalue weighted by Gasteiger charge is -2.23. The number of carboxylic acid groups (broad SMARTS) is 1. The van der Waals surface area contributed by atoms with E-state index < -0.39 is 18.1 Å². The van der Waals surface area contributed by atoms with Gasteiger partial charge in [-0.25, -0.2) is 9.59 Å². The van der Waals surface area contributed by atoms with Crippen molar-refractivity contribution in [3.05, 3.63) is 83.4 Å². The molecule has 0 saturated heterocycles. The molecule has 1 aliphatic rings. The summed E-state index contributed by atoms with van der Waals surface area (Å²) in [5, 5.41) is 12.4. The summed E-state index contributed by atoms with van der Waals surface area (Å²) in [6.45, 7) is 8.32. The van der Waals surface area contributed by atoms with Crippen molar-refractivity contribution in [3.8, 4) is 16.9 Å². The van der Waals surface area contributed by atoms with Crippen LogP contribution in [0, 0.1) is 0 Å². The number of fused-ring (bicyclic) bond motifs is 3. The first kappa shape index (κ1) is 26.1. The Balaban J connectivity index is 1.45. The van der Waals surface area contributed by atoms with Crippen LogP contribution in [0.4, 0.5) is 10.5 Å². The highest BCUT2D eigenvalue weighted by molar-refractivity contribution is 5.81. The molecule has 0 aromatic heterocycles. The van der Waals surface area contributed by atoms with Crippen molar-refractivity contribution in [2.24, 2.45) is 0 Å². The van der Waals surface area contributed by atoms with Crippen molar-refractivity contribution in [2.75, 3.05) is 31.2 Å². The Morgan fingerprint density at radius 2 is 1.57 bits per heavy atom. The quantitative estimate of drug-likeness (QED) is 0.362. The van der Waals surface area contributed by atoms with Crippen LogP contribution in [-0.2, 0) is 16.0 Å². The number of carbonyl (C=O) groups is 2. The van der Waals surface area contributed by atoms with Gasteiger partial charge in [-0.1, -0.05) is 54.6 Å². The lowest BCUT2D eigenvalue weighted by molar-refractivity contribution is -0.139. The highest BCUT2D eigenvalue weighted by atomic mass is 16.5. The lowest BCUT2D eigenvalue weighted by Crippen LogP contribution is -2.43. The molecule has 7 heteroatoms. The Kier molecular flexibility index (Phi) is 8.33. The van der Waals surface area contributed by atoms with Crippen LogP contribution < -0.4 is 15.0 Å². The predicted molar refractivity (Wildman–Crippen MR) is 145 cm³/mol. The number of amides is 1. The van der Waals surface area contributed by atoms with Gasteiger partial charge < -0.3 is 24.8 Å². The van der Waals surface area contributed by atoms with E-state index >= 15 is 0 Å². The molecule has 3 aromatic rings. The number of rotatable bonds is 11. The first-order chi connectivity index (χ1) is 18.0. The summed E-state index contributed by atoms with van der Waals surface area (Å²) in [6, 6.07) is 20.7. The first-order valence-electron chi connectivity index (χ1n) is 12.8. The van der Waals surface area contributed by atoms with Gasteiger partial charge in [0.25, 0.3) is 0 Å². The minimum Gasteiger partial charge on any atom is -0.494 e. The molecule has 0 saturated carbocycles. The molecule has 7 nitrogen and oxygen atoms in total. The molecule has 0 radical (unpaired) electrons. The minimum absolute atomic E-state index is 0.0768. The SMILES string of the molecule is CCOc1cc(N(CC)CC)ccc1CC(NC(=O)OCC1c2ccccc2-c2ccccc21)C(=O)O. The number of ether oxygens (including phenoxy) is 2. The first-order valence-corrected chi connectivity index (χ1v) is 12.8. The van der Waals surface area contributed by atoms with Gasteiger partial charge in [-0.2, -0.15) is 0 Å². The topological polar surface area (TPSA) is 88.1 Å². The lowest BCUT2D eigenvalue weighted by atomic mass is 9.98. The average Bonchev–Trinajstić information content (AvgIpc) is 3.23. The van der Waals surface area contributed by atoms with Gasteiger partial charge in [-0.05, 0) is 54.7 Å². The Labute approximate surface area is 218 Å². The van der Waals surface area contributed by atoms with Crippen molar-refractivity contribution in [2.45, 2.75) is 39.2 Å². The third-order valence-electron chi connectivity index (χ3n) is 6.84. The number of nitrogens with one attached hydrogen (secondary N) is 1. The Morgan fingerprint density at radius 3 is 2.14 bits per heavy atom.